The van der Waals surface area contributed by atoms with Crippen LogP contribution in [-0.2, 0) is 42.1 Å². The van der Waals surface area contributed by atoms with Gasteiger partial charge >= 0.3 is 48.1 Å². The van der Waals surface area contributed by atoms with Crippen LogP contribution < -0.4 is 9.47 Å². The molecular formula is C45H28N4O2Pt2+2. The Morgan fingerprint density at radius 1 is 0.698 bits per heavy atom. The standard InChI is InChI=1S/C33H20N3O2.C12H8N.2Pt/c1-35-18-19-36(24-35)28-10-7-15-32(23-28)38-31-14-6-9-27(21-31)33-22-26(16-17-34-33)25-8-5-13-30(20-25)37-29-11-3-2-4-12-29;1-2-13-9-8-12(10-13)11-6-4-3-5-7-11;;/h2-11,13-15,17-19,22H,1H3;3-10H;;/q-3;-1;+2;+4. The van der Waals surface area contributed by atoms with Crippen LogP contribution in [0, 0.1) is 42.8 Å². The molecule has 7 aromatic rings. The Bertz CT molecular complexity index is 2440. The minimum Gasteiger partial charge on any atom is -0.669 e. The molecule has 0 atom stereocenters. The first-order chi connectivity index (χ1) is 25.1. The van der Waals surface area contributed by atoms with Crippen LogP contribution in [0.15, 0.2) is 152 Å². The Labute approximate surface area is 338 Å². The third kappa shape index (κ3) is 10.2. The van der Waals surface area contributed by atoms with Crippen molar-refractivity contribution in [3.05, 3.63) is 189 Å². The third-order valence-electron chi connectivity index (χ3n) is 7.57. The van der Waals surface area contributed by atoms with Gasteiger partial charge in [0.05, 0.1) is 0 Å². The van der Waals surface area contributed by atoms with E-state index < -0.39 is 0 Å². The maximum Gasteiger partial charge on any atom is 4.00 e. The first-order valence-corrected chi connectivity index (χ1v) is 16.0. The van der Waals surface area contributed by atoms with Crippen LogP contribution >= 0.6 is 0 Å². The number of aromatic nitrogens is 2. The summed E-state index contributed by atoms with van der Waals surface area (Å²) in [6.45, 7) is 0. The van der Waals surface area contributed by atoms with Crippen molar-refractivity contribution in [3.63, 3.8) is 0 Å². The van der Waals surface area contributed by atoms with Crippen molar-refractivity contribution in [2.24, 2.45) is 0 Å². The van der Waals surface area contributed by atoms with Gasteiger partial charge in [-0.25, -0.2) is 24.2 Å². The van der Waals surface area contributed by atoms with Gasteiger partial charge < -0.3 is 25.4 Å². The van der Waals surface area contributed by atoms with Crippen molar-refractivity contribution in [1.82, 2.24) is 9.55 Å². The van der Waals surface area contributed by atoms with E-state index in [-0.39, 0.29) is 42.1 Å². The number of para-hydroxylation sites is 1. The molecule has 0 unspecified atom stereocenters. The van der Waals surface area contributed by atoms with Gasteiger partial charge in [0.15, 0.2) is 7.05 Å². The summed E-state index contributed by atoms with van der Waals surface area (Å²) in [7, 11) is 1.92. The molecule has 0 radical (unpaired) electrons. The van der Waals surface area contributed by atoms with E-state index in [4.69, 9.17) is 15.9 Å². The molecule has 0 saturated heterocycles. The zero-order valence-corrected chi connectivity index (χ0v) is 32.7. The number of benzene rings is 5. The minimum absolute atomic E-state index is 0. The predicted molar refractivity (Wildman–Crippen MR) is 195 cm³/mol. The fourth-order valence-electron chi connectivity index (χ4n) is 5.13. The van der Waals surface area contributed by atoms with Crippen LogP contribution in [0.5, 0.6) is 23.0 Å². The average Bonchev–Trinajstić information content (AvgIpc) is 3.86. The summed E-state index contributed by atoms with van der Waals surface area (Å²) in [5.41, 5.74) is 6.33. The van der Waals surface area contributed by atoms with Gasteiger partial charge in [-0.1, -0.05) is 69.6 Å². The summed E-state index contributed by atoms with van der Waals surface area (Å²) >= 11 is 0. The molecule has 53 heavy (non-hydrogen) atoms. The third-order valence-corrected chi connectivity index (χ3v) is 7.57. The fourth-order valence-corrected chi connectivity index (χ4v) is 5.13. The van der Waals surface area contributed by atoms with Crippen LogP contribution in [-0.4, -0.2) is 31.8 Å². The van der Waals surface area contributed by atoms with Gasteiger partial charge in [-0.3, -0.25) is 11.1 Å². The molecule has 6 nitrogen and oxygen atoms in total. The summed E-state index contributed by atoms with van der Waals surface area (Å²) in [5.74, 6) is 2.38. The van der Waals surface area contributed by atoms with Gasteiger partial charge in [-0.05, 0) is 11.6 Å². The summed E-state index contributed by atoms with van der Waals surface area (Å²) in [5, 5.41) is 0. The molecule has 0 amide bonds. The molecule has 0 bridgehead atoms. The molecule has 1 aliphatic rings. The quantitative estimate of drug-likeness (QED) is 0.0867. The van der Waals surface area contributed by atoms with E-state index in [0.29, 0.717) is 23.0 Å². The summed E-state index contributed by atoms with van der Waals surface area (Å²) < 4.78 is 17.3. The Kier molecular flexibility index (Phi) is 13.5. The van der Waals surface area contributed by atoms with E-state index in [0.717, 1.165) is 39.2 Å². The maximum absolute atomic E-state index is 6.93. The molecule has 0 spiro atoms. The van der Waals surface area contributed by atoms with Crippen LogP contribution in [0.2, 0.25) is 0 Å². The van der Waals surface area contributed by atoms with Crippen LogP contribution in [0.4, 0.5) is 5.69 Å². The zero-order chi connectivity index (χ0) is 34.8. The summed E-state index contributed by atoms with van der Waals surface area (Å²) in [6, 6.07) is 60.3. The minimum atomic E-state index is 0. The van der Waals surface area contributed by atoms with E-state index >= 15 is 0 Å². The number of hydrogen-bond acceptors (Lipinski definition) is 3. The van der Waals surface area contributed by atoms with E-state index in [1.165, 1.54) is 0 Å². The molecule has 258 valence electrons. The zero-order valence-electron chi connectivity index (χ0n) is 28.2. The van der Waals surface area contributed by atoms with Crippen molar-refractivity contribution in [2.75, 3.05) is 7.05 Å². The van der Waals surface area contributed by atoms with Gasteiger partial charge in [-0.15, -0.1) is 48.0 Å². The first-order valence-electron chi connectivity index (χ1n) is 16.0. The molecule has 0 N–H and O–H groups in total. The van der Waals surface area contributed by atoms with Crippen molar-refractivity contribution in [2.45, 2.75) is 0 Å². The molecule has 5 aromatic carbocycles. The van der Waals surface area contributed by atoms with Crippen molar-refractivity contribution >= 4 is 11.7 Å². The van der Waals surface area contributed by atoms with Crippen molar-refractivity contribution in [3.8, 4) is 62.6 Å². The molecule has 8 heteroatoms. The van der Waals surface area contributed by atoms with Gasteiger partial charge in [0.25, 0.3) is 6.20 Å². The van der Waals surface area contributed by atoms with Crippen molar-refractivity contribution in [1.29, 1.82) is 0 Å². The summed E-state index contributed by atoms with van der Waals surface area (Å²) in [4.78, 5) is 4.52. The molecular weight excluding hydrogens is 1020 g/mol. The number of nitrogens with zero attached hydrogens (tertiary/aromatic N) is 4. The van der Waals surface area contributed by atoms with Crippen LogP contribution in [0.3, 0.4) is 0 Å². The number of hydrogen-bond donors (Lipinski definition) is 0. The van der Waals surface area contributed by atoms with Gasteiger partial charge in [0, 0.05) is 41.0 Å². The monoisotopic (exact) mass is 1050 g/mol. The van der Waals surface area contributed by atoms with Crippen LogP contribution in [0.25, 0.3) is 33.5 Å². The largest absolute Gasteiger partial charge is 4.00 e. The van der Waals surface area contributed by atoms with Gasteiger partial charge in [0.1, 0.15) is 5.69 Å². The second-order valence-corrected chi connectivity index (χ2v) is 11.2. The molecule has 3 heterocycles. The Morgan fingerprint density at radius 2 is 1.38 bits per heavy atom. The predicted octanol–water partition coefficient (Wildman–Crippen LogP) is 9.49. The Morgan fingerprint density at radius 3 is 2.08 bits per heavy atom. The van der Waals surface area contributed by atoms with E-state index in [1.807, 2.05) is 162 Å². The van der Waals surface area contributed by atoms with E-state index in [1.54, 1.807) is 10.8 Å². The normalized spacial score (nSPS) is 11.0. The molecule has 2 aromatic heterocycles. The second-order valence-electron chi connectivity index (χ2n) is 11.2. The van der Waals surface area contributed by atoms with Crippen LogP contribution in [0.1, 0.15) is 0 Å². The smallest absolute Gasteiger partial charge is 0.669 e. The van der Waals surface area contributed by atoms with E-state index in [9.17, 15) is 0 Å². The average molecular weight is 1050 g/mol. The number of ether oxygens (including phenoxy) is 2. The fraction of sp³-hybridized carbons (Fsp3) is 0.0222. The van der Waals surface area contributed by atoms with Gasteiger partial charge in [-0.2, -0.15) is 36.4 Å². The molecule has 0 saturated carbocycles. The molecule has 1 aliphatic heterocycles. The number of pyridine rings is 1. The summed E-state index contributed by atoms with van der Waals surface area (Å²) in [6.07, 6.45) is 16.1. The maximum atomic E-state index is 6.93. The SMILES string of the molecule is C[N+]1=C=[N+](c2[c-]c(Oc3[c-]c(-c4cc(-c5[c-]c(Oc6[c-]cccc6)ccc5)[c-]cn4)ccc3)ccc2)C=C1.[C-]#Cn1ccc(-c2ccccc2)c1.[Pt+2].[Pt+4]. The molecule has 0 aliphatic carbocycles. The van der Waals surface area contributed by atoms with Crippen molar-refractivity contribution < 1.29 is 60.8 Å². The molecule has 0 fully saturated rings. The Balaban J connectivity index is 0.000000306. The molecule has 8 rings (SSSR count). The topological polar surface area (TPSA) is 42.3 Å². The number of rotatable bonds is 8. The van der Waals surface area contributed by atoms with E-state index in [2.05, 4.69) is 47.4 Å². The first kappa shape index (κ1) is 38.4. The van der Waals surface area contributed by atoms with Gasteiger partial charge in [0.2, 0.25) is 6.20 Å². The second kappa shape index (κ2) is 18.6. The Hall–Kier alpha value is -5.81.